The Morgan fingerprint density at radius 1 is 1.26 bits per heavy atom. The molecule has 0 saturated carbocycles. The van der Waals surface area contributed by atoms with E-state index in [0.717, 1.165) is 45.4 Å². The number of para-hydroxylation sites is 1. The van der Waals surface area contributed by atoms with Gasteiger partial charge in [-0.25, -0.2) is 0 Å². The Balaban J connectivity index is 1.59. The van der Waals surface area contributed by atoms with Gasteiger partial charge in [-0.05, 0) is 42.5 Å². The number of phenolic OH excluding ortho intramolecular Hbond substituents is 1. The second kappa shape index (κ2) is 6.89. The molecule has 1 saturated heterocycles. The fraction of sp³-hybridized carbons (Fsp3) is 0.448. The van der Waals surface area contributed by atoms with Crippen LogP contribution in [0.4, 0.5) is 0 Å². The molecule has 5 nitrogen and oxygen atoms in total. The minimum Gasteiger partial charge on any atom is -0.504 e. The highest BCUT2D eigenvalue weighted by molar-refractivity contribution is 5.87. The van der Waals surface area contributed by atoms with Crippen LogP contribution in [0.25, 0.3) is 10.9 Å². The van der Waals surface area contributed by atoms with E-state index in [0.29, 0.717) is 5.75 Å². The smallest absolute Gasteiger partial charge is 0.166 e. The Hall–Kier alpha value is -2.76. The summed E-state index contributed by atoms with van der Waals surface area (Å²) in [6.07, 6.45) is 5.52. The summed E-state index contributed by atoms with van der Waals surface area (Å²) in [5, 5.41) is 12.3. The van der Waals surface area contributed by atoms with Crippen LogP contribution in [-0.2, 0) is 30.0 Å². The first-order chi connectivity index (χ1) is 16.6. The molecule has 1 N–H and O–H groups in total. The van der Waals surface area contributed by atoms with Gasteiger partial charge < -0.3 is 19.1 Å². The van der Waals surface area contributed by atoms with Crippen molar-refractivity contribution in [3.05, 3.63) is 71.4 Å². The monoisotopic (exact) mass is 456 g/mol. The molecule has 2 aromatic carbocycles. The minimum absolute atomic E-state index is 0.179. The number of aromatic hydroxyl groups is 1. The van der Waals surface area contributed by atoms with Gasteiger partial charge in [-0.2, -0.15) is 0 Å². The number of piperidine rings is 1. The summed E-state index contributed by atoms with van der Waals surface area (Å²) in [4.78, 5) is 2.58. The van der Waals surface area contributed by atoms with E-state index in [2.05, 4.69) is 60.3 Å². The molecule has 7 rings (SSSR count). The molecule has 0 amide bonds. The number of fused-ring (bicyclic) bond motifs is 4. The van der Waals surface area contributed by atoms with E-state index in [1.807, 2.05) is 12.1 Å². The van der Waals surface area contributed by atoms with Gasteiger partial charge in [0.25, 0.3) is 0 Å². The molecule has 1 aromatic heterocycles. The number of phenols is 1. The van der Waals surface area contributed by atoms with Crippen molar-refractivity contribution in [3.8, 4) is 11.5 Å². The molecule has 1 spiro atoms. The molecular formula is C29H32N2O3. The number of hydrogen-bond acceptors (Lipinski definition) is 4. The average Bonchev–Trinajstić information content (AvgIpc) is 3.33. The van der Waals surface area contributed by atoms with Crippen molar-refractivity contribution in [1.29, 1.82) is 0 Å². The van der Waals surface area contributed by atoms with E-state index in [4.69, 9.17) is 9.47 Å². The predicted octanol–water partition coefficient (Wildman–Crippen LogP) is 4.79. The van der Waals surface area contributed by atoms with Crippen molar-refractivity contribution in [1.82, 2.24) is 9.47 Å². The molecule has 2 aliphatic carbocycles. The summed E-state index contributed by atoms with van der Waals surface area (Å²) in [6.45, 7) is 8.80. The van der Waals surface area contributed by atoms with E-state index in [1.165, 1.54) is 33.3 Å². The number of aromatic nitrogens is 1. The molecule has 0 unspecified atom stereocenters. The first kappa shape index (κ1) is 20.6. The average molecular weight is 457 g/mol. The quantitative estimate of drug-likeness (QED) is 0.561. The van der Waals surface area contributed by atoms with E-state index >= 15 is 0 Å². The molecule has 2 bridgehead atoms. The van der Waals surface area contributed by atoms with Crippen LogP contribution >= 0.6 is 0 Å². The second-order valence-corrected chi connectivity index (χ2v) is 10.5. The first-order valence-electron chi connectivity index (χ1n) is 12.6. The van der Waals surface area contributed by atoms with Crippen molar-refractivity contribution < 1.29 is 14.6 Å². The van der Waals surface area contributed by atoms with Crippen molar-refractivity contribution in [2.75, 3.05) is 19.7 Å². The Labute approximate surface area is 200 Å². The largest absolute Gasteiger partial charge is 0.504 e. The van der Waals surface area contributed by atoms with Crippen LogP contribution in [0.15, 0.2) is 49.1 Å². The fourth-order valence-electron chi connectivity index (χ4n) is 8.00. The summed E-state index contributed by atoms with van der Waals surface area (Å²) in [7, 11) is 2.16. The zero-order valence-corrected chi connectivity index (χ0v) is 20.0. The molecule has 176 valence electrons. The molecule has 4 aliphatic rings. The molecule has 0 radical (unpaired) electrons. The third-order valence-electron chi connectivity index (χ3n) is 9.17. The fourth-order valence-corrected chi connectivity index (χ4v) is 8.00. The molecule has 2 aliphatic heterocycles. The topological polar surface area (TPSA) is 46.9 Å². The van der Waals surface area contributed by atoms with Crippen LogP contribution < -0.4 is 4.74 Å². The summed E-state index contributed by atoms with van der Waals surface area (Å²) >= 11 is 0. The summed E-state index contributed by atoms with van der Waals surface area (Å²) in [5.41, 5.74) is 5.59. The highest BCUT2D eigenvalue weighted by atomic mass is 16.5. The number of ether oxygens (including phenoxy) is 2. The number of rotatable bonds is 5. The molecule has 4 atom stereocenters. The van der Waals surface area contributed by atoms with E-state index < -0.39 is 5.60 Å². The highest BCUT2D eigenvalue weighted by Crippen LogP contribution is 2.70. The third kappa shape index (κ3) is 2.19. The van der Waals surface area contributed by atoms with Gasteiger partial charge in [0, 0.05) is 55.7 Å². The summed E-state index contributed by atoms with van der Waals surface area (Å²) < 4.78 is 16.3. The molecule has 3 heterocycles. The van der Waals surface area contributed by atoms with Gasteiger partial charge in [0.2, 0.25) is 0 Å². The standard InChI is InChI=1S/C29H32N2O3/c1-4-13-31-14-12-28-24-18-10-11-22(32)26(24)34-27(28)25-20(19-8-6-7-9-21(19)30(25)3)17-29(28,23(31)16-18)33-15-5-2/h4,6-11,23,27,32H,1,5,12-17H2,2-3H3/t23-,27-,28-,29+/m0/s1. The SMILES string of the molecule is C=CCN1CC[C@]23c4c5ccc(O)c4O[C@H]2c2c(c4ccccc4n2C)C[C@@]3(OCCC)[C@@H]1C5. The molecule has 5 heteroatoms. The van der Waals surface area contributed by atoms with E-state index in [9.17, 15) is 5.11 Å². The normalized spacial score (nSPS) is 30.6. The Kier molecular flexibility index (Phi) is 4.18. The van der Waals surface area contributed by atoms with Crippen LogP contribution in [0.1, 0.15) is 48.3 Å². The maximum Gasteiger partial charge on any atom is 0.166 e. The Bertz CT molecular complexity index is 1340. The lowest BCUT2D eigenvalue weighted by Crippen LogP contribution is -2.75. The van der Waals surface area contributed by atoms with Crippen LogP contribution in [0.2, 0.25) is 0 Å². The van der Waals surface area contributed by atoms with Crippen LogP contribution in [0.5, 0.6) is 11.5 Å². The lowest BCUT2D eigenvalue weighted by molar-refractivity contribution is -0.203. The van der Waals surface area contributed by atoms with Gasteiger partial charge in [-0.3, -0.25) is 4.90 Å². The molecular weight excluding hydrogens is 424 g/mol. The lowest BCUT2D eigenvalue weighted by Gasteiger charge is -2.64. The number of likely N-dealkylation sites (tertiary alicyclic amines) is 1. The minimum atomic E-state index is -0.419. The van der Waals surface area contributed by atoms with Crippen LogP contribution in [0, 0.1) is 0 Å². The molecule has 1 fully saturated rings. The summed E-state index contributed by atoms with van der Waals surface area (Å²) in [5.74, 6) is 0.930. The number of nitrogens with zero attached hydrogens (tertiary/aromatic N) is 2. The van der Waals surface area contributed by atoms with Crippen molar-refractivity contribution >= 4 is 10.9 Å². The third-order valence-corrected chi connectivity index (χ3v) is 9.17. The predicted molar refractivity (Wildman–Crippen MR) is 133 cm³/mol. The number of hydrogen-bond donors (Lipinski definition) is 1. The van der Waals surface area contributed by atoms with Gasteiger partial charge in [0.1, 0.15) is 5.60 Å². The van der Waals surface area contributed by atoms with E-state index in [-0.39, 0.29) is 23.3 Å². The van der Waals surface area contributed by atoms with Gasteiger partial charge >= 0.3 is 0 Å². The number of aryl methyl sites for hydroxylation is 1. The zero-order valence-electron chi connectivity index (χ0n) is 20.0. The second-order valence-electron chi connectivity index (χ2n) is 10.5. The van der Waals surface area contributed by atoms with Crippen LogP contribution in [-0.4, -0.2) is 45.9 Å². The van der Waals surface area contributed by atoms with Gasteiger partial charge in [0.05, 0.1) is 11.1 Å². The van der Waals surface area contributed by atoms with Crippen molar-refractivity contribution in [3.63, 3.8) is 0 Å². The Morgan fingerprint density at radius 2 is 2.12 bits per heavy atom. The van der Waals surface area contributed by atoms with Gasteiger partial charge in [0.15, 0.2) is 17.6 Å². The van der Waals surface area contributed by atoms with E-state index in [1.54, 1.807) is 0 Å². The molecule has 3 aromatic rings. The summed E-state index contributed by atoms with van der Waals surface area (Å²) in [6, 6.07) is 12.9. The van der Waals surface area contributed by atoms with Crippen LogP contribution in [0.3, 0.4) is 0 Å². The highest BCUT2D eigenvalue weighted by Gasteiger charge is 2.74. The Morgan fingerprint density at radius 3 is 2.94 bits per heavy atom. The van der Waals surface area contributed by atoms with Crippen molar-refractivity contribution in [2.45, 2.75) is 55.8 Å². The zero-order chi connectivity index (χ0) is 23.2. The lowest BCUT2D eigenvalue weighted by atomic mass is 9.48. The maximum atomic E-state index is 11.0. The number of benzene rings is 2. The van der Waals surface area contributed by atoms with Crippen molar-refractivity contribution in [2.24, 2.45) is 7.05 Å². The van der Waals surface area contributed by atoms with Gasteiger partial charge in [-0.15, -0.1) is 6.58 Å². The molecule has 34 heavy (non-hydrogen) atoms. The first-order valence-corrected chi connectivity index (χ1v) is 12.6. The maximum absolute atomic E-state index is 11.0. The van der Waals surface area contributed by atoms with Gasteiger partial charge in [-0.1, -0.05) is 37.3 Å².